The van der Waals surface area contributed by atoms with Crippen molar-refractivity contribution in [3.05, 3.63) is 88.5 Å². The standard InChI is InChI=1S/C39H32ClN5O6S/c1-17-24-14-19(40)9-13-28(24)52-33(17)27-16-29(43(3)42-27)44-35(48)26-15-25-21(11-12-22-30(25)36(49)45(34(22)47)38(41)51)31(39(26,2)37(44)50)23-10-8-18-6-4-5-7-20(18)32(23)46/h4-11,13-14,16,22,25-26,30-31,46H,12,15H2,1-3H3,(H2,41,51)/t22-,25+,26-,30-,31+,39+/m0/s1. The van der Waals surface area contributed by atoms with E-state index >= 15 is 4.79 Å². The number of rotatable bonds is 3. The maximum absolute atomic E-state index is 15.1. The van der Waals surface area contributed by atoms with Crippen molar-refractivity contribution in [1.82, 2.24) is 14.7 Å². The molecular weight excluding hydrogens is 702 g/mol. The molecule has 1 saturated carbocycles. The van der Waals surface area contributed by atoms with Gasteiger partial charge in [-0.15, -0.1) is 11.3 Å². The number of aromatic nitrogens is 2. The number of imide groups is 4. The van der Waals surface area contributed by atoms with E-state index in [1.165, 1.54) is 9.58 Å². The van der Waals surface area contributed by atoms with E-state index in [4.69, 9.17) is 22.4 Å². The van der Waals surface area contributed by atoms with E-state index in [0.29, 0.717) is 38.0 Å². The highest BCUT2D eigenvalue weighted by Gasteiger charge is 2.68. The molecule has 3 fully saturated rings. The van der Waals surface area contributed by atoms with Crippen LogP contribution in [0.25, 0.3) is 31.4 Å². The number of aromatic hydroxyl groups is 1. The smallest absolute Gasteiger partial charge is 0.328 e. The van der Waals surface area contributed by atoms with Crippen LogP contribution in [0.1, 0.15) is 36.8 Å². The molecule has 0 radical (unpaired) electrons. The molecule has 6 atom stereocenters. The average Bonchev–Trinajstić information content (AvgIpc) is 3.79. The molecule has 2 aliphatic carbocycles. The lowest BCUT2D eigenvalue weighted by atomic mass is 9.51. The Hall–Kier alpha value is -5.33. The van der Waals surface area contributed by atoms with Crippen LogP contribution in [-0.2, 0) is 26.2 Å². The minimum absolute atomic E-state index is 0.0267. The highest BCUT2D eigenvalue weighted by molar-refractivity contribution is 7.22. The van der Waals surface area contributed by atoms with Gasteiger partial charge in [-0.1, -0.05) is 59.6 Å². The van der Waals surface area contributed by atoms with E-state index in [2.05, 4.69) is 0 Å². The Morgan fingerprint density at radius 3 is 2.54 bits per heavy atom. The number of amides is 6. The summed E-state index contributed by atoms with van der Waals surface area (Å²) < 4.78 is 2.55. The number of carbonyl (C=O) groups excluding carboxylic acids is 5. The molecule has 2 aliphatic heterocycles. The number of phenols is 1. The summed E-state index contributed by atoms with van der Waals surface area (Å²) in [6, 6.07) is 17.3. The van der Waals surface area contributed by atoms with Crippen molar-refractivity contribution in [2.75, 3.05) is 4.90 Å². The van der Waals surface area contributed by atoms with Gasteiger partial charge in [0, 0.05) is 39.7 Å². The lowest BCUT2D eigenvalue weighted by Gasteiger charge is -2.49. The van der Waals surface area contributed by atoms with Crippen LogP contribution in [0.5, 0.6) is 5.75 Å². The largest absolute Gasteiger partial charge is 0.507 e. The molecule has 2 saturated heterocycles. The number of phenolic OH excluding ortho intramolecular Hbond substituents is 1. The van der Waals surface area contributed by atoms with Crippen molar-refractivity contribution >= 4 is 79.3 Å². The maximum Gasteiger partial charge on any atom is 0.328 e. The maximum atomic E-state index is 15.1. The molecule has 9 rings (SSSR count). The Balaban J connectivity index is 1.20. The fraction of sp³-hybridized carbons (Fsp3) is 0.282. The number of hydrogen-bond acceptors (Lipinski definition) is 8. The third-order valence-electron chi connectivity index (χ3n) is 12.0. The third kappa shape index (κ3) is 4.19. The van der Waals surface area contributed by atoms with Crippen molar-refractivity contribution in [2.24, 2.45) is 41.9 Å². The molecule has 52 heavy (non-hydrogen) atoms. The first-order valence-electron chi connectivity index (χ1n) is 17.0. The van der Waals surface area contributed by atoms with Crippen molar-refractivity contribution in [3.63, 3.8) is 0 Å². The highest BCUT2D eigenvalue weighted by atomic mass is 35.5. The molecule has 13 heteroatoms. The first-order valence-corrected chi connectivity index (χ1v) is 18.2. The second kappa shape index (κ2) is 11.1. The van der Waals surface area contributed by atoms with Crippen molar-refractivity contribution < 1.29 is 29.1 Å². The van der Waals surface area contributed by atoms with E-state index in [-0.39, 0.29) is 18.6 Å². The van der Waals surface area contributed by atoms with Crippen LogP contribution in [0.3, 0.4) is 0 Å². The monoisotopic (exact) mass is 733 g/mol. The molecule has 2 aromatic heterocycles. The van der Waals surface area contributed by atoms with Crippen LogP contribution in [-0.4, -0.2) is 49.4 Å². The number of urea groups is 1. The zero-order valence-corrected chi connectivity index (χ0v) is 29.9. The normalized spacial score (nSPS) is 27.0. The molecule has 0 unspecified atom stereocenters. The molecule has 0 spiro atoms. The number of benzene rings is 3. The van der Waals surface area contributed by atoms with Gasteiger partial charge in [-0.3, -0.25) is 23.9 Å². The van der Waals surface area contributed by atoms with Crippen LogP contribution in [0.4, 0.5) is 10.6 Å². The zero-order valence-electron chi connectivity index (χ0n) is 28.3. The van der Waals surface area contributed by atoms with E-state index in [1.807, 2.05) is 55.5 Å². The molecule has 4 aliphatic rings. The number of nitrogens with two attached hydrogens (primary N) is 1. The third-order valence-corrected chi connectivity index (χ3v) is 13.5. The Morgan fingerprint density at radius 1 is 1.00 bits per heavy atom. The summed E-state index contributed by atoms with van der Waals surface area (Å²) in [6.45, 7) is 3.74. The number of aryl methyl sites for hydroxylation is 2. The zero-order chi connectivity index (χ0) is 36.5. The summed E-state index contributed by atoms with van der Waals surface area (Å²) in [4.78, 5) is 71.8. The lowest BCUT2D eigenvalue weighted by molar-refractivity contribution is -0.136. The van der Waals surface area contributed by atoms with Gasteiger partial charge in [0.05, 0.1) is 28.0 Å². The summed E-state index contributed by atoms with van der Waals surface area (Å²) in [7, 11) is 1.68. The van der Waals surface area contributed by atoms with Gasteiger partial charge in [0.25, 0.3) is 0 Å². The van der Waals surface area contributed by atoms with Gasteiger partial charge in [0.2, 0.25) is 23.6 Å². The summed E-state index contributed by atoms with van der Waals surface area (Å²) in [6.07, 6.45) is 2.09. The predicted octanol–water partition coefficient (Wildman–Crippen LogP) is 6.43. The van der Waals surface area contributed by atoms with Crippen molar-refractivity contribution in [1.29, 1.82) is 0 Å². The topological polar surface area (TPSA) is 156 Å². The van der Waals surface area contributed by atoms with E-state index in [1.54, 1.807) is 43.5 Å². The minimum Gasteiger partial charge on any atom is -0.507 e. The lowest BCUT2D eigenvalue weighted by Crippen LogP contribution is -2.49. The predicted molar refractivity (Wildman–Crippen MR) is 195 cm³/mol. The number of allylic oxidation sites excluding steroid dienone is 2. The van der Waals surface area contributed by atoms with Gasteiger partial charge in [0.1, 0.15) is 17.3 Å². The SMILES string of the molecule is Cc1c(-c2cc(N3C(=O)[C@@H]4C[C@@H]5C(=CC[C@@H]6C(=O)N(C(N)=O)C(=O)[C@@H]65)[C@H](c5ccc6ccccc6c5O)[C@]4(C)C3=O)n(C)n2)sc2ccc(Cl)cc12. The molecule has 6 amide bonds. The van der Waals surface area contributed by atoms with Gasteiger partial charge in [-0.05, 0) is 67.1 Å². The number of halogens is 1. The average molecular weight is 734 g/mol. The Labute approximate surface area is 306 Å². The number of anilines is 1. The van der Waals surface area contributed by atoms with Gasteiger partial charge < -0.3 is 10.8 Å². The first kappa shape index (κ1) is 32.6. The van der Waals surface area contributed by atoms with Gasteiger partial charge >= 0.3 is 6.03 Å². The molecule has 262 valence electrons. The van der Waals surface area contributed by atoms with Gasteiger partial charge in [-0.2, -0.15) is 10.00 Å². The Bertz CT molecular complexity index is 2520. The Morgan fingerprint density at radius 2 is 1.77 bits per heavy atom. The van der Waals surface area contributed by atoms with Crippen LogP contribution >= 0.6 is 22.9 Å². The van der Waals surface area contributed by atoms with Crippen LogP contribution in [0.2, 0.25) is 5.02 Å². The summed E-state index contributed by atoms with van der Waals surface area (Å²) in [5, 5.41) is 19.6. The number of carbonyl (C=O) groups is 5. The number of hydrogen-bond donors (Lipinski definition) is 2. The highest BCUT2D eigenvalue weighted by Crippen LogP contribution is 2.64. The molecule has 3 N–H and O–H groups in total. The number of nitrogens with zero attached hydrogens (tertiary/aromatic N) is 4. The Kier molecular flexibility index (Phi) is 6.94. The second-order valence-electron chi connectivity index (χ2n) is 14.4. The molecule has 4 heterocycles. The van der Waals surface area contributed by atoms with Gasteiger partial charge in [0.15, 0.2) is 0 Å². The molecule has 11 nitrogen and oxygen atoms in total. The second-order valence-corrected chi connectivity index (χ2v) is 15.9. The molecule has 0 bridgehead atoms. The van der Waals surface area contributed by atoms with E-state index < -0.39 is 64.7 Å². The van der Waals surface area contributed by atoms with Crippen LogP contribution < -0.4 is 10.6 Å². The summed E-state index contributed by atoms with van der Waals surface area (Å²) in [5.41, 5.74) is 6.80. The number of thiophene rings is 1. The first-order chi connectivity index (χ1) is 24.8. The molecule has 5 aromatic rings. The van der Waals surface area contributed by atoms with Crippen LogP contribution in [0, 0.1) is 36.0 Å². The van der Waals surface area contributed by atoms with Gasteiger partial charge in [-0.25, -0.2) is 9.69 Å². The minimum atomic E-state index is -1.39. The summed E-state index contributed by atoms with van der Waals surface area (Å²) in [5.74, 6) is -6.22. The van der Waals surface area contributed by atoms with Crippen molar-refractivity contribution in [2.45, 2.75) is 32.6 Å². The van der Waals surface area contributed by atoms with E-state index in [9.17, 15) is 24.3 Å². The number of fused-ring (bicyclic) bond motifs is 6. The number of primary amides is 1. The molecular formula is C39H32ClN5O6S. The quantitative estimate of drug-likeness (QED) is 0.160. The number of likely N-dealkylation sites (tertiary alicyclic amines) is 1. The summed E-state index contributed by atoms with van der Waals surface area (Å²) >= 11 is 7.84. The van der Waals surface area contributed by atoms with Crippen LogP contribution in [0.15, 0.2) is 72.3 Å². The fourth-order valence-corrected chi connectivity index (χ4v) is 10.8. The molecule has 3 aromatic carbocycles. The fourth-order valence-electron chi connectivity index (χ4n) is 9.52. The van der Waals surface area contributed by atoms with E-state index in [0.717, 1.165) is 25.9 Å². The van der Waals surface area contributed by atoms with Crippen molar-refractivity contribution in [3.8, 4) is 16.3 Å².